The Hall–Kier alpha value is -1.52. The zero-order valence-electron chi connectivity index (χ0n) is 6.79. The topological polar surface area (TPSA) is 23.8 Å². The molecule has 2 aromatic rings. The molecule has 0 fully saturated rings. The Bertz CT molecular complexity index is 497. The van der Waals surface area contributed by atoms with Crippen molar-refractivity contribution in [1.82, 2.24) is 0 Å². The van der Waals surface area contributed by atoms with Gasteiger partial charge in [-0.05, 0) is 23.6 Å². The van der Waals surface area contributed by atoms with Crippen molar-refractivity contribution < 1.29 is 0 Å². The molecule has 0 aliphatic carbocycles. The summed E-state index contributed by atoms with van der Waals surface area (Å²) >= 11 is 5.98. The molecule has 0 aliphatic heterocycles. The average molecular weight is 188 g/mol. The van der Waals surface area contributed by atoms with Crippen molar-refractivity contribution in [2.45, 2.75) is 0 Å². The second-order valence-corrected chi connectivity index (χ2v) is 3.19. The van der Waals surface area contributed by atoms with Gasteiger partial charge in [-0.2, -0.15) is 5.26 Å². The molecule has 62 valence electrons. The van der Waals surface area contributed by atoms with Crippen molar-refractivity contribution in [3.05, 3.63) is 47.0 Å². The van der Waals surface area contributed by atoms with Crippen LogP contribution in [0.2, 0.25) is 5.02 Å². The molecule has 0 bridgehead atoms. The van der Waals surface area contributed by atoms with Gasteiger partial charge in [-0.1, -0.05) is 29.8 Å². The maximum atomic E-state index is 8.69. The second kappa shape index (κ2) is 3.08. The number of hydrogen-bond donors (Lipinski definition) is 0. The van der Waals surface area contributed by atoms with Crippen LogP contribution in [0, 0.1) is 11.3 Å². The summed E-state index contributed by atoms with van der Waals surface area (Å²) in [5.74, 6) is 0. The first-order valence-corrected chi connectivity index (χ1v) is 4.27. The first-order valence-electron chi connectivity index (χ1n) is 3.89. The minimum absolute atomic E-state index is 0.639. The van der Waals surface area contributed by atoms with Gasteiger partial charge in [0.25, 0.3) is 0 Å². The summed E-state index contributed by atoms with van der Waals surface area (Å²) in [5.41, 5.74) is 0.639. The zero-order chi connectivity index (χ0) is 9.26. The van der Waals surface area contributed by atoms with Crippen LogP contribution in [-0.2, 0) is 0 Å². The fourth-order valence-corrected chi connectivity index (χ4v) is 1.54. The Kier molecular flexibility index (Phi) is 1.92. The van der Waals surface area contributed by atoms with Gasteiger partial charge in [0.1, 0.15) is 0 Å². The number of nitriles is 1. The molecular formula is C11H6ClN. The Balaban J connectivity index is 2.84. The summed E-state index contributed by atoms with van der Waals surface area (Å²) in [5, 5.41) is 11.4. The van der Waals surface area contributed by atoms with Crippen LogP contribution in [-0.4, -0.2) is 0 Å². The van der Waals surface area contributed by atoms with Crippen LogP contribution in [0.15, 0.2) is 36.4 Å². The summed E-state index contributed by atoms with van der Waals surface area (Å²) < 4.78 is 0. The molecule has 2 heteroatoms. The Morgan fingerprint density at radius 1 is 1.15 bits per heavy atom. The number of benzene rings is 2. The molecule has 2 rings (SSSR count). The van der Waals surface area contributed by atoms with Crippen LogP contribution >= 0.6 is 11.6 Å². The largest absolute Gasteiger partial charge is 0.192 e. The van der Waals surface area contributed by atoms with Gasteiger partial charge in [0.2, 0.25) is 0 Å². The summed E-state index contributed by atoms with van der Waals surface area (Å²) in [6.07, 6.45) is 0. The average Bonchev–Trinajstić information content (AvgIpc) is 2.18. The molecule has 0 saturated carbocycles. The predicted molar refractivity (Wildman–Crippen MR) is 53.7 cm³/mol. The van der Waals surface area contributed by atoms with Gasteiger partial charge < -0.3 is 0 Å². The molecule has 0 radical (unpaired) electrons. The van der Waals surface area contributed by atoms with Gasteiger partial charge >= 0.3 is 0 Å². The van der Waals surface area contributed by atoms with E-state index >= 15 is 0 Å². The van der Waals surface area contributed by atoms with E-state index in [1.807, 2.05) is 24.3 Å². The van der Waals surface area contributed by atoms with Crippen LogP contribution in [0.1, 0.15) is 5.56 Å². The molecule has 0 saturated heterocycles. The van der Waals surface area contributed by atoms with Crippen molar-refractivity contribution in [3.8, 4) is 6.07 Å². The second-order valence-electron chi connectivity index (χ2n) is 2.79. The van der Waals surface area contributed by atoms with Crippen LogP contribution in [0.4, 0.5) is 0 Å². The number of fused-ring (bicyclic) bond motifs is 1. The van der Waals surface area contributed by atoms with Gasteiger partial charge in [0, 0.05) is 10.4 Å². The summed E-state index contributed by atoms with van der Waals surface area (Å²) in [7, 11) is 0. The highest BCUT2D eigenvalue weighted by molar-refractivity contribution is 6.35. The van der Waals surface area contributed by atoms with E-state index in [-0.39, 0.29) is 0 Å². The Labute approximate surface area is 81.2 Å². The number of rotatable bonds is 0. The van der Waals surface area contributed by atoms with E-state index in [2.05, 4.69) is 6.07 Å². The van der Waals surface area contributed by atoms with Gasteiger partial charge in [-0.3, -0.25) is 0 Å². The van der Waals surface area contributed by atoms with Crippen molar-refractivity contribution in [3.63, 3.8) is 0 Å². The standard InChI is InChI=1S/C11H6ClN/c12-11-3-1-2-9-5-4-8(7-13)6-10(9)11/h1-6H. The molecule has 0 amide bonds. The molecule has 2 aromatic carbocycles. The lowest BCUT2D eigenvalue weighted by molar-refractivity contribution is 1.50. The van der Waals surface area contributed by atoms with Gasteiger partial charge in [0.15, 0.2) is 0 Å². The molecule has 0 unspecified atom stereocenters. The first kappa shape index (κ1) is 8.10. The molecule has 0 heterocycles. The molecule has 0 N–H and O–H groups in total. The fourth-order valence-electron chi connectivity index (χ4n) is 1.30. The van der Waals surface area contributed by atoms with E-state index in [0.717, 1.165) is 10.8 Å². The first-order chi connectivity index (χ1) is 6.31. The number of hydrogen-bond acceptors (Lipinski definition) is 1. The quantitative estimate of drug-likeness (QED) is 0.621. The molecule has 1 nitrogen and oxygen atoms in total. The maximum Gasteiger partial charge on any atom is 0.0991 e. The minimum atomic E-state index is 0.639. The lowest BCUT2D eigenvalue weighted by Gasteiger charge is -1.99. The van der Waals surface area contributed by atoms with Gasteiger partial charge in [-0.25, -0.2) is 0 Å². The van der Waals surface area contributed by atoms with E-state index in [9.17, 15) is 0 Å². The molecular weight excluding hydrogens is 182 g/mol. The minimum Gasteiger partial charge on any atom is -0.192 e. The molecule has 0 aliphatic rings. The highest BCUT2D eigenvalue weighted by Crippen LogP contribution is 2.23. The number of halogens is 1. The maximum absolute atomic E-state index is 8.69. The lowest BCUT2D eigenvalue weighted by atomic mass is 10.1. The molecule has 0 atom stereocenters. The van der Waals surface area contributed by atoms with Crippen LogP contribution < -0.4 is 0 Å². The van der Waals surface area contributed by atoms with Crippen LogP contribution in [0.25, 0.3) is 10.8 Å². The van der Waals surface area contributed by atoms with Crippen LogP contribution in [0.3, 0.4) is 0 Å². The third kappa shape index (κ3) is 1.37. The molecule has 13 heavy (non-hydrogen) atoms. The third-order valence-electron chi connectivity index (χ3n) is 1.96. The van der Waals surface area contributed by atoms with Crippen molar-refractivity contribution in [1.29, 1.82) is 5.26 Å². The third-order valence-corrected chi connectivity index (χ3v) is 2.29. The van der Waals surface area contributed by atoms with Gasteiger partial charge in [-0.15, -0.1) is 0 Å². The van der Waals surface area contributed by atoms with Gasteiger partial charge in [0.05, 0.1) is 11.6 Å². The predicted octanol–water partition coefficient (Wildman–Crippen LogP) is 3.36. The summed E-state index contributed by atoms with van der Waals surface area (Å²) in [4.78, 5) is 0. The SMILES string of the molecule is N#Cc1ccc2cccc(Cl)c2c1. The molecule has 0 spiro atoms. The van der Waals surface area contributed by atoms with Crippen molar-refractivity contribution in [2.75, 3.05) is 0 Å². The molecule has 0 aromatic heterocycles. The van der Waals surface area contributed by atoms with Crippen molar-refractivity contribution in [2.24, 2.45) is 0 Å². The normalized spacial score (nSPS) is 9.85. The van der Waals surface area contributed by atoms with E-state index in [4.69, 9.17) is 16.9 Å². The highest BCUT2D eigenvalue weighted by atomic mass is 35.5. The zero-order valence-corrected chi connectivity index (χ0v) is 7.55. The van der Waals surface area contributed by atoms with E-state index in [1.54, 1.807) is 12.1 Å². The Morgan fingerprint density at radius 2 is 2.00 bits per heavy atom. The van der Waals surface area contributed by atoms with E-state index < -0.39 is 0 Å². The van der Waals surface area contributed by atoms with E-state index in [1.165, 1.54) is 0 Å². The number of nitrogens with zero attached hydrogens (tertiary/aromatic N) is 1. The Morgan fingerprint density at radius 3 is 2.77 bits per heavy atom. The van der Waals surface area contributed by atoms with Crippen molar-refractivity contribution >= 4 is 22.4 Å². The monoisotopic (exact) mass is 187 g/mol. The summed E-state index contributed by atoms with van der Waals surface area (Å²) in [6.45, 7) is 0. The smallest absolute Gasteiger partial charge is 0.0991 e. The highest BCUT2D eigenvalue weighted by Gasteiger charge is 1.98. The summed E-state index contributed by atoms with van der Waals surface area (Å²) in [6, 6.07) is 13.3. The lowest BCUT2D eigenvalue weighted by Crippen LogP contribution is -1.77. The van der Waals surface area contributed by atoms with Crippen LogP contribution in [0.5, 0.6) is 0 Å². The fraction of sp³-hybridized carbons (Fsp3) is 0. The van der Waals surface area contributed by atoms with E-state index in [0.29, 0.717) is 10.6 Å².